The fourth-order valence-electron chi connectivity index (χ4n) is 1.62. The Hall–Kier alpha value is -0.980. The van der Waals surface area contributed by atoms with E-state index in [4.69, 9.17) is 0 Å². The fourth-order valence-corrected chi connectivity index (χ4v) is 1.97. The van der Waals surface area contributed by atoms with Gasteiger partial charge >= 0.3 is 0 Å². The van der Waals surface area contributed by atoms with E-state index >= 15 is 0 Å². The smallest absolute Gasteiger partial charge is 0.241 e. The number of carbonyl (C=O) groups excluding carboxylic acids is 1. The summed E-state index contributed by atoms with van der Waals surface area (Å²) in [5.41, 5.74) is 0.635. The minimum Gasteiger partial charge on any atom is -0.392 e. The van der Waals surface area contributed by atoms with Crippen LogP contribution in [0.4, 0.5) is 5.69 Å². The van der Waals surface area contributed by atoms with Crippen LogP contribution in [0.1, 0.15) is 6.42 Å². The van der Waals surface area contributed by atoms with Crippen molar-refractivity contribution in [3.05, 3.63) is 22.9 Å². The minimum absolute atomic E-state index is 0.148. The van der Waals surface area contributed by atoms with Gasteiger partial charge in [0, 0.05) is 12.7 Å². The fraction of sp³-hybridized carbons (Fsp3) is 0.400. The molecule has 5 nitrogen and oxygen atoms in total. The number of hydrogen-bond donors (Lipinski definition) is 3. The van der Waals surface area contributed by atoms with Gasteiger partial charge in [-0.25, -0.2) is 4.98 Å². The van der Waals surface area contributed by atoms with Crippen molar-refractivity contribution in [1.29, 1.82) is 0 Å². The summed E-state index contributed by atoms with van der Waals surface area (Å²) in [6.07, 6.45) is 1.65. The molecule has 2 heterocycles. The van der Waals surface area contributed by atoms with Crippen LogP contribution >= 0.6 is 15.9 Å². The first-order valence-electron chi connectivity index (χ1n) is 4.99. The van der Waals surface area contributed by atoms with Gasteiger partial charge in [-0.1, -0.05) is 0 Å². The van der Waals surface area contributed by atoms with Gasteiger partial charge in [0.25, 0.3) is 0 Å². The highest BCUT2D eigenvalue weighted by molar-refractivity contribution is 9.10. The van der Waals surface area contributed by atoms with Crippen molar-refractivity contribution < 1.29 is 9.90 Å². The number of amides is 1. The summed E-state index contributed by atoms with van der Waals surface area (Å²) in [5.74, 6) is -0.148. The molecule has 1 fully saturated rings. The van der Waals surface area contributed by atoms with Crippen molar-refractivity contribution in [2.24, 2.45) is 0 Å². The summed E-state index contributed by atoms with van der Waals surface area (Å²) in [4.78, 5) is 15.8. The Balaban J connectivity index is 2.00. The lowest BCUT2D eigenvalue weighted by atomic mass is 10.2. The number of rotatable bonds is 2. The Morgan fingerprint density at radius 3 is 3.12 bits per heavy atom. The minimum atomic E-state index is -0.437. The third kappa shape index (κ3) is 2.58. The monoisotopic (exact) mass is 285 g/mol. The summed E-state index contributed by atoms with van der Waals surface area (Å²) in [6.45, 7) is 0.465. The van der Waals surface area contributed by atoms with Gasteiger partial charge in [-0.15, -0.1) is 0 Å². The number of pyridine rings is 1. The van der Waals surface area contributed by atoms with Crippen LogP contribution in [0.3, 0.4) is 0 Å². The summed E-state index contributed by atoms with van der Waals surface area (Å²) < 4.78 is 0.599. The zero-order valence-electron chi connectivity index (χ0n) is 8.48. The molecule has 2 unspecified atom stereocenters. The van der Waals surface area contributed by atoms with Crippen LogP contribution in [0, 0.1) is 0 Å². The number of aliphatic hydroxyl groups excluding tert-OH is 1. The number of nitrogens with zero attached hydrogens (tertiary/aromatic N) is 1. The quantitative estimate of drug-likeness (QED) is 0.692. The maximum atomic E-state index is 11.8. The molecule has 86 valence electrons. The maximum Gasteiger partial charge on any atom is 0.241 e. The van der Waals surface area contributed by atoms with E-state index in [0.29, 0.717) is 23.3 Å². The molecule has 0 bridgehead atoms. The van der Waals surface area contributed by atoms with Gasteiger partial charge in [-0.05, 0) is 34.5 Å². The molecule has 3 N–H and O–H groups in total. The largest absolute Gasteiger partial charge is 0.392 e. The van der Waals surface area contributed by atoms with E-state index in [9.17, 15) is 9.90 Å². The standard InChI is InChI=1S/C10H12BrN3O2/c11-9-7(2-1-3-12-9)14-10(16)8-4-6(15)5-13-8/h1-3,6,8,13,15H,4-5H2,(H,14,16). The molecule has 0 spiro atoms. The molecule has 6 heteroatoms. The molecule has 1 aliphatic rings. The highest BCUT2D eigenvalue weighted by atomic mass is 79.9. The molecular weight excluding hydrogens is 274 g/mol. The lowest BCUT2D eigenvalue weighted by Gasteiger charge is -2.11. The predicted octanol–water partition coefficient (Wildman–Crippen LogP) is 0.505. The topological polar surface area (TPSA) is 74.2 Å². The molecule has 2 rings (SSSR count). The second-order valence-electron chi connectivity index (χ2n) is 3.68. The lowest BCUT2D eigenvalue weighted by molar-refractivity contribution is -0.117. The molecule has 0 saturated carbocycles. The van der Waals surface area contributed by atoms with Crippen LogP contribution in [0.25, 0.3) is 0 Å². The normalized spacial score (nSPS) is 24.4. The van der Waals surface area contributed by atoms with E-state index < -0.39 is 6.10 Å². The first kappa shape index (κ1) is 11.5. The van der Waals surface area contributed by atoms with E-state index in [1.54, 1.807) is 18.3 Å². The van der Waals surface area contributed by atoms with E-state index in [2.05, 4.69) is 31.5 Å². The van der Waals surface area contributed by atoms with E-state index in [1.807, 2.05) is 0 Å². The van der Waals surface area contributed by atoms with Gasteiger partial charge in [0.1, 0.15) is 4.60 Å². The molecule has 1 amide bonds. The van der Waals surface area contributed by atoms with Crippen molar-refractivity contribution in [2.75, 3.05) is 11.9 Å². The van der Waals surface area contributed by atoms with Crippen molar-refractivity contribution in [3.8, 4) is 0 Å². The van der Waals surface area contributed by atoms with Gasteiger partial charge in [-0.3, -0.25) is 4.79 Å². The molecular formula is C10H12BrN3O2. The molecule has 1 aromatic heterocycles. The van der Waals surface area contributed by atoms with Crippen LogP contribution < -0.4 is 10.6 Å². The van der Waals surface area contributed by atoms with Crippen LogP contribution in [0.15, 0.2) is 22.9 Å². The van der Waals surface area contributed by atoms with Crippen molar-refractivity contribution in [3.63, 3.8) is 0 Å². The molecule has 1 aliphatic heterocycles. The number of carbonyl (C=O) groups is 1. The second kappa shape index (κ2) is 4.90. The summed E-state index contributed by atoms with van der Waals surface area (Å²) in [7, 11) is 0. The van der Waals surface area contributed by atoms with Gasteiger partial charge in [-0.2, -0.15) is 0 Å². The number of β-amino-alcohol motifs (C(OH)–C–C–N with tert-alkyl or cyclic N) is 1. The Kier molecular flexibility index (Phi) is 3.52. The third-order valence-electron chi connectivity index (χ3n) is 2.44. The van der Waals surface area contributed by atoms with Gasteiger partial charge in [0.2, 0.25) is 5.91 Å². The number of aromatic nitrogens is 1. The first-order chi connectivity index (χ1) is 7.66. The van der Waals surface area contributed by atoms with Crippen LogP contribution in [0.5, 0.6) is 0 Å². The van der Waals surface area contributed by atoms with Gasteiger partial charge in [0.05, 0.1) is 17.8 Å². The Bertz CT molecular complexity index is 399. The van der Waals surface area contributed by atoms with Crippen molar-refractivity contribution >= 4 is 27.5 Å². The van der Waals surface area contributed by atoms with E-state index in [0.717, 1.165) is 0 Å². The maximum absolute atomic E-state index is 11.8. The van der Waals surface area contributed by atoms with Gasteiger partial charge in [0.15, 0.2) is 0 Å². The first-order valence-corrected chi connectivity index (χ1v) is 5.79. The molecule has 16 heavy (non-hydrogen) atoms. The van der Waals surface area contributed by atoms with Crippen LogP contribution in [-0.2, 0) is 4.79 Å². The molecule has 0 radical (unpaired) electrons. The highest BCUT2D eigenvalue weighted by Gasteiger charge is 2.28. The molecule has 2 atom stereocenters. The third-order valence-corrected chi connectivity index (χ3v) is 3.07. The second-order valence-corrected chi connectivity index (χ2v) is 4.43. The Morgan fingerprint density at radius 1 is 1.69 bits per heavy atom. The summed E-state index contributed by atoms with van der Waals surface area (Å²) >= 11 is 3.25. The number of aliphatic hydroxyl groups is 1. The van der Waals surface area contributed by atoms with Gasteiger partial charge < -0.3 is 15.7 Å². The molecule has 0 aromatic carbocycles. The summed E-state index contributed by atoms with van der Waals surface area (Å²) in [6, 6.07) is 3.18. The zero-order chi connectivity index (χ0) is 11.5. The Labute approximate surface area is 101 Å². The van der Waals surface area contributed by atoms with Crippen LogP contribution in [0.2, 0.25) is 0 Å². The van der Waals surface area contributed by atoms with Crippen molar-refractivity contribution in [1.82, 2.24) is 10.3 Å². The predicted molar refractivity (Wildman–Crippen MR) is 63.0 cm³/mol. The van der Waals surface area contributed by atoms with Crippen LogP contribution in [-0.4, -0.2) is 34.7 Å². The van der Waals surface area contributed by atoms with E-state index in [1.165, 1.54) is 0 Å². The van der Waals surface area contributed by atoms with E-state index in [-0.39, 0.29) is 11.9 Å². The Morgan fingerprint density at radius 2 is 2.50 bits per heavy atom. The molecule has 0 aliphatic carbocycles. The SMILES string of the molecule is O=C(Nc1cccnc1Br)C1CC(O)CN1. The molecule has 1 saturated heterocycles. The molecule has 1 aromatic rings. The number of halogens is 1. The number of nitrogens with one attached hydrogen (secondary N) is 2. The highest BCUT2D eigenvalue weighted by Crippen LogP contribution is 2.19. The average Bonchev–Trinajstić information content (AvgIpc) is 2.68. The van der Waals surface area contributed by atoms with Crippen molar-refractivity contribution in [2.45, 2.75) is 18.6 Å². The summed E-state index contributed by atoms with van der Waals surface area (Å²) in [5, 5.41) is 15.0. The lowest BCUT2D eigenvalue weighted by Crippen LogP contribution is -2.35. The average molecular weight is 286 g/mol. The number of hydrogen-bond acceptors (Lipinski definition) is 4. The number of anilines is 1. The zero-order valence-corrected chi connectivity index (χ0v) is 10.1.